The van der Waals surface area contributed by atoms with Gasteiger partial charge in [-0.2, -0.15) is 0 Å². The first kappa shape index (κ1) is 16.4. The van der Waals surface area contributed by atoms with Crippen LogP contribution in [-0.2, 0) is 33.3 Å². The summed E-state index contributed by atoms with van der Waals surface area (Å²) in [6.07, 6.45) is 4.85. The number of carbonyl (C=O) groups excluding carboxylic acids is 2. The monoisotopic (exact) mass is 326 g/mol. The van der Waals surface area contributed by atoms with Gasteiger partial charge in [0.2, 0.25) is 0 Å². The Morgan fingerprint density at radius 1 is 1.39 bits per heavy atom. The van der Waals surface area contributed by atoms with Crippen LogP contribution in [0.15, 0.2) is 12.2 Å². The van der Waals surface area contributed by atoms with Crippen molar-refractivity contribution in [2.45, 2.75) is 50.8 Å². The molecule has 3 saturated heterocycles. The molecule has 0 radical (unpaired) electrons. The molecule has 3 aliphatic heterocycles. The van der Waals surface area contributed by atoms with Crippen molar-refractivity contribution in [2.24, 2.45) is 5.92 Å². The Morgan fingerprint density at radius 3 is 2.91 bits per heavy atom. The van der Waals surface area contributed by atoms with Crippen molar-refractivity contribution in [2.75, 3.05) is 19.8 Å². The molecule has 5 atom stereocenters. The Bertz CT molecular complexity index is 469. The third-order valence-corrected chi connectivity index (χ3v) is 4.16. The third-order valence-electron chi connectivity index (χ3n) is 4.16. The number of epoxide rings is 1. The van der Waals surface area contributed by atoms with Gasteiger partial charge in [-0.05, 0) is 32.3 Å². The van der Waals surface area contributed by atoms with Crippen molar-refractivity contribution in [1.82, 2.24) is 0 Å². The van der Waals surface area contributed by atoms with Gasteiger partial charge in [-0.3, -0.25) is 0 Å². The molecule has 0 aromatic carbocycles. The van der Waals surface area contributed by atoms with Gasteiger partial charge in [0.1, 0.15) is 19.3 Å². The maximum Gasteiger partial charge on any atom is 0.335 e. The number of rotatable bonds is 6. The van der Waals surface area contributed by atoms with E-state index in [9.17, 15) is 9.59 Å². The highest BCUT2D eigenvalue weighted by atomic mass is 16.7. The lowest BCUT2D eigenvalue weighted by Crippen LogP contribution is -2.36. The molecule has 0 saturated carbocycles. The topological polar surface area (TPSA) is 83.6 Å². The van der Waals surface area contributed by atoms with E-state index in [-0.39, 0.29) is 37.6 Å². The van der Waals surface area contributed by atoms with Gasteiger partial charge in [-0.25, -0.2) is 9.59 Å². The molecular weight excluding hydrogens is 304 g/mol. The highest BCUT2D eigenvalue weighted by Gasteiger charge is 2.40. The zero-order valence-electron chi connectivity index (χ0n) is 13.1. The van der Waals surface area contributed by atoms with Crippen LogP contribution in [0, 0.1) is 5.92 Å². The van der Waals surface area contributed by atoms with E-state index in [1.54, 1.807) is 6.08 Å². The summed E-state index contributed by atoms with van der Waals surface area (Å²) in [6.45, 7) is 2.83. The minimum Gasteiger partial charge on any atom is -0.463 e. The Hall–Kier alpha value is -1.44. The molecule has 0 aromatic rings. The zero-order chi connectivity index (χ0) is 16.2. The second kappa shape index (κ2) is 7.42. The first-order valence-electron chi connectivity index (χ1n) is 8.07. The molecule has 3 rings (SSSR count). The summed E-state index contributed by atoms with van der Waals surface area (Å²) in [5.74, 6) is -1.18. The molecule has 3 aliphatic rings. The lowest BCUT2D eigenvalue weighted by molar-refractivity contribution is -0.200. The van der Waals surface area contributed by atoms with Gasteiger partial charge in [0, 0.05) is 12.7 Å². The summed E-state index contributed by atoms with van der Waals surface area (Å²) in [5.41, 5.74) is 0. The second-order valence-electron chi connectivity index (χ2n) is 6.04. The number of ether oxygens (including phenoxy) is 5. The van der Waals surface area contributed by atoms with Crippen LogP contribution in [0.4, 0.5) is 0 Å². The maximum atomic E-state index is 11.8. The fourth-order valence-electron chi connectivity index (χ4n) is 2.65. The molecule has 3 fully saturated rings. The summed E-state index contributed by atoms with van der Waals surface area (Å²) < 4.78 is 26.6. The van der Waals surface area contributed by atoms with E-state index in [1.807, 2.05) is 6.92 Å². The fraction of sp³-hybridized carbons (Fsp3) is 0.750. The molecule has 0 aromatic heterocycles. The molecule has 0 spiro atoms. The lowest BCUT2D eigenvalue weighted by atomic mass is 10.1. The van der Waals surface area contributed by atoms with Crippen molar-refractivity contribution >= 4 is 11.9 Å². The highest BCUT2D eigenvalue weighted by molar-refractivity contribution is 5.82. The Kier molecular flexibility index (Phi) is 5.30. The summed E-state index contributed by atoms with van der Waals surface area (Å²) >= 11 is 0. The standard InChI is InChI=1S/C16H22O7/c1-10-12(22-10)5-6-13(17)20-8-11-9-21-16(18)15(11)23-14-4-2-3-7-19-14/h5-6,10-12,14-15H,2-4,7-9H2,1H3/b6-5+/t10-,11+,12+,14?,15-/m0/s1. The van der Waals surface area contributed by atoms with E-state index < -0.39 is 18.0 Å². The summed E-state index contributed by atoms with van der Waals surface area (Å²) in [5, 5.41) is 0. The minimum atomic E-state index is -0.735. The molecule has 128 valence electrons. The van der Waals surface area contributed by atoms with Gasteiger partial charge < -0.3 is 23.7 Å². The van der Waals surface area contributed by atoms with E-state index in [0.717, 1.165) is 19.3 Å². The normalized spacial score (nSPS) is 36.9. The first-order valence-corrected chi connectivity index (χ1v) is 8.07. The van der Waals surface area contributed by atoms with Crippen molar-refractivity contribution in [3.8, 4) is 0 Å². The Morgan fingerprint density at radius 2 is 2.22 bits per heavy atom. The third kappa shape index (κ3) is 4.53. The van der Waals surface area contributed by atoms with Crippen molar-refractivity contribution in [3.05, 3.63) is 12.2 Å². The van der Waals surface area contributed by atoms with Crippen LogP contribution in [0.5, 0.6) is 0 Å². The van der Waals surface area contributed by atoms with Crippen LogP contribution in [0.25, 0.3) is 0 Å². The average Bonchev–Trinajstić information content (AvgIpc) is 3.16. The van der Waals surface area contributed by atoms with E-state index in [1.165, 1.54) is 6.08 Å². The van der Waals surface area contributed by atoms with Gasteiger partial charge in [-0.1, -0.05) is 0 Å². The number of cyclic esters (lactones) is 1. The molecule has 3 heterocycles. The largest absolute Gasteiger partial charge is 0.463 e. The molecule has 0 aliphatic carbocycles. The smallest absolute Gasteiger partial charge is 0.335 e. The molecule has 23 heavy (non-hydrogen) atoms. The van der Waals surface area contributed by atoms with Gasteiger partial charge in [0.25, 0.3) is 0 Å². The molecule has 0 bridgehead atoms. The van der Waals surface area contributed by atoms with Crippen molar-refractivity contribution in [1.29, 1.82) is 0 Å². The predicted molar refractivity (Wildman–Crippen MR) is 77.3 cm³/mol. The predicted octanol–water partition coefficient (Wildman–Crippen LogP) is 0.958. The van der Waals surface area contributed by atoms with Crippen LogP contribution in [0.1, 0.15) is 26.2 Å². The van der Waals surface area contributed by atoms with Crippen molar-refractivity contribution in [3.63, 3.8) is 0 Å². The molecule has 1 unspecified atom stereocenters. The van der Waals surface area contributed by atoms with E-state index in [0.29, 0.717) is 6.61 Å². The van der Waals surface area contributed by atoms with E-state index in [2.05, 4.69) is 0 Å². The summed E-state index contributed by atoms with van der Waals surface area (Å²) in [7, 11) is 0. The molecule has 7 heteroatoms. The van der Waals surface area contributed by atoms with Gasteiger partial charge in [0.05, 0.1) is 12.0 Å². The van der Waals surface area contributed by atoms with Gasteiger partial charge in [0.15, 0.2) is 12.4 Å². The number of carbonyl (C=O) groups is 2. The van der Waals surface area contributed by atoms with Crippen LogP contribution in [-0.4, -0.2) is 56.4 Å². The first-order chi connectivity index (χ1) is 11.1. The molecular formula is C16H22O7. The number of esters is 2. The second-order valence-corrected chi connectivity index (χ2v) is 6.04. The lowest BCUT2D eigenvalue weighted by Gasteiger charge is -2.26. The SMILES string of the molecule is C[C@@H]1O[C@@H]1/C=C/C(=O)OC[C@@H]1COC(=O)[C@H]1OC1CCCCO1. The number of hydrogen-bond acceptors (Lipinski definition) is 7. The molecule has 0 amide bonds. The maximum absolute atomic E-state index is 11.8. The summed E-state index contributed by atoms with van der Waals surface area (Å²) in [6, 6.07) is 0. The fourth-order valence-corrected chi connectivity index (χ4v) is 2.65. The van der Waals surface area contributed by atoms with Gasteiger partial charge >= 0.3 is 11.9 Å². The number of hydrogen-bond donors (Lipinski definition) is 0. The Balaban J connectivity index is 1.44. The molecule has 0 N–H and O–H groups in total. The molecule has 7 nitrogen and oxygen atoms in total. The van der Waals surface area contributed by atoms with E-state index in [4.69, 9.17) is 23.7 Å². The Labute approximate surface area is 134 Å². The van der Waals surface area contributed by atoms with E-state index >= 15 is 0 Å². The van der Waals surface area contributed by atoms with Crippen LogP contribution < -0.4 is 0 Å². The summed E-state index contributed by atoms with van der Waals surface area (Å²) in [4.78, 5) is 23.4. The zero-order valence-corrected chi connectivity index (χ0v) is 13.1. The van der Waals surface area contributed by atoms with Crippen LogP contribution >= 0.6 is 0 Å². The quantitative estimate of drug-likeness (QED) is 0.408. The van der Waals surface area contributed by atoms with Gasteiger partial charge in [-0.15, -0.1) is 0 Å². The highest BCUT2D eigenvalue weighted by Crippen LogP contribution is 2.25. The van der Waals surface area contributed by atoms with Crippen LogP contribution in [0.3, 0.4) is 0 Å². The minimum absolute atomic E-state index is 0.00141. The average molecular weight is 326 g/mol. The van der Waals surface area contributed by atoms with Crippen LogP contribution in [0.2, 0.25) is 0 Å². The van der Waals surface area contributed by atoms with Crippen molar-refractivity contribution < 1.29 is 33.3 Å².